The van der Waals surface area contributed by atoms with Crippen molar-refractivity contribution in [3.8, 4) is 0 Å². The molecule has 2 aromatic carbocycles. The molecule has 1 aliphatic heterocycles. The number of rotatable bonds is 4. The van der Waals surface area contributed by atoms with E-state index in [9.17, 15) is 9.59 Å². The first-order valence-corrected chi connectivity index (χ1v) is 8.54. The second-order valence-corrected chi connectivity index (χ2v) is 6.74. The number of carbonyl (C=O) groups is 2. The molecule has 1 aliphatic rings. The molecule has 1 atom stereocenters. The Morgan fingerprint density at radius 3 is 2.73 bits per heavy atom. The quantitative estimate of drug-likeness (QED) is 0.759. The number of oxazole rings is 1. The fraction of sp³-hybridized carbons (Fsp3) is 0.211. The van der Waals surface area contributed by atoms with Crippen LogP contribution in [0.1, 0.15) is 17.9 Å². The van der Waals surface area contributed by atoms with E-state index in [1.165, 1.54) is 4.90 Å². The van der Waals surface area contributed by atoms with Crippen LogP contribution in [0.25, 0.3) is 11.1 Å². The number of hydrogen-bond donors (Lipinski definition) is 1. The third-order valence-corrected chi connectivity index (χ3v) is 4.72. The highest BCUT2D eigenvalue weighted by Crippen LogP contribution is 2.29. The highest BCUT2D eigenvalue weighted by molar-refractivity contribution is 6.30. The van der Waals surface area contributed by atoms with E-state index < -0.39 is 11.9 Å². The molecule has 0 radical (unpaired) electrons. The molecule has 26 heavy (non-hydrogen) atoms. The number of aliphatic carboxylic acids is 1. The van der Waals surface area contributed by atoms with E-state index in [-0.39, 0.29) is 18.9 Å². The zero-order valence-electron chi connectivity index (χ0n) is 13.7. The molecule has 1 fully saturated rings. The predicted octanol–water partition coefficient (Wildman–Crippen LogP) is 3.51. The first-order valence-electron chi connectivity index (χ1n) is 8.16. The molecule has 1 saturated heterocycles. The summed E-state index contributed by atoms with van der Waals surface area (Å²) in [6, 6.07) is 12.7. The van der Waals surface area contributed by atoms with Crippen LogP contribution in [0.4, 0.5) is 5.69 Å². The minimum absolute atomic E-state index is 0.0194. The topological polar surface area (TPSA) is 83.6 Å². The summed E-state index contributed by atoms with van der Waals surface area (Å²) in [5.41, 5.74) is 2.91. The van der Waals surface area contributed by atoms with Gasteiger partial charge in [0, 0.05) is 36.2 Å². The van der Waals surface area contributed by atoms with Crippen LogP contribution in [-0.4, -0.2) is 28.5 Å². The lowest BCUT2D eigenvalue weighted by molar-refractivity contribution is -0.141. The van der Waals surface area contributed by atoms with Gasteiger partial charge in [-0.2, -0.15) is 0 Å². The van der Waals surface area contributed by atoms with Crippen LogP contribution < -0.4 is 4.90 Å². The number of anilines is 1. The summed E-state index contributed by atoms with van der Waals surface area (Å²) in [6.07, 6.45) is 0.552. The van der Waals surface area contributed by atoms with Crippen LogP contribution in [0.2, 0.25) is 5.02 Å². The molecule has 0 aliphatic carbocycles. The smallest absolute Gasteiger partial charge is 0.308 e. The van der Waals surface area contributed by atoms with Crippen molar-refractivity contribution >= 4 is 40.3 Å². The fourth-order valence-electron chi connectivity index (χ4n) is 3.10. The summed E-state index contributed by atoms with van der Waals surface area (Å²) < 4.78 is 5.81. The molecule has 7 heteroatoms. The van der Waals surface area contributed by atoms with Gasteiger partial charge in [-0.05, 0) is 29.8 Å². The predicted molar refractivity (Wildman–Crippen MR) is 96.4 cm³/mol. The molecule has 0 bridgehead atoms. The van der Waals surface area contributed by atoms with E-state index in [4.69, 9.17) is 21.1 Å². The number of aromatic nitrogens is 1. The summed E-state index contributed by atoms with van der Waals surface area (Å²) in [7, 11) is 0. The van der Waals surface area contributed by atoms with Gasteiger partial charge in [0.1, 0.15) is 5.52 Å². The fourth-order valence-corrected chi connectivity index (χ4v) is 3.23. The van der Waals surface area contributed by atoms with Crippen molar-refractivity contribution in [3.05, 3.63) is 58.9 Å². The van der Waals surface area contributed by atoms with Crippen LogP contribution in [0.3, 0.4) is 0 Å². The van der Waals surface area contributed by atoms with E-state index in [2.05, 4.69) is 4.98 Å². The van der Waals surface area contributed by atoms with Gasteiger partial charge in [0.2, 0.25) is 5.91 Å². The molecule has 0 saturated carbocycles. The second kappa shape index (κ2) is 6.46. The largest absolute Gasteiger partial charge is 0.481 e. The normalized spacial score (nSPS) is 17.2. The van der Waals surface area contributed by atoms with Gasteiger partial charge in [-0.3, -0.25) is 9.59 Å². The molecule has 1 N–H and O–H groups in total. The monoisotopic (exact) mass is 370 g/mol. The standard InChI is InChI=1S/C19H15ClN2O4/c20-13-3-1-11(2-4-13)7-17-21-15-6-5-14(9-16(15)26-17)22-10-12(19(24)25)8-18(22)23/h1-6,9,12H,7-8,10H2,(H,24,25)/t12-/m1/s1. The van der Waals surface area contributed by atoms with Gasteiger partial charge in [0.05, 0.1) is 5.92 Å². The van der Waals surface area contributed by atoms with Gasteiger partial charge in [0.25, 0.3) is 0 Å². The summed E-state index contributed by atoms with van der Waals surface area (Å²) in [6.45, 7) is 0.172. The third-order valence-electron chi connectivity index (χ3n) is 4.47. The van der Waals surface area contributed by atoms with Crippen LogP contribution >= 0.6 is 11.6 Å². The summed E-state index contributed by atoms with van der Waals surface area (Å²) in [5, 5.41) is 9.78. The Labute approximate surface area is 154 Å². The summed E-state index contributed by atoms with van der Waals surface area (Å²) >= 11 is 5.89. The van der Waals surface area contributed by atoms with Crippen LogP contribution in [0.15, 0.2) is 46.9 Å². The highest BCUT2D eigenvalue weighted by Gasteiger charge is 2.35. The molecule has 4 rings (SSSR count). The Bertz CT molecular complexity index is 996. The van der Waals surface area contributed by atoms with Crippen molar-refractivity contribution in [2.45, 2.75) is 12.8 Å². The molecule has 1 aromatic heterocycles. The summed E-state index contributed by atoms with van der Waals surface area (Å²) in [5.74, 6) is -1.26. The number of halogens is 1. The third kappa shape index (κ3) is 3.15. The number of amides is 1. The van der Waals surface area contributed by atoms with Crippen molar-refractivity contribution in [1.82, 2.24) is 4.98 Å². The van der Waals surface area contributed by atoms with Gasteiger partial charge in [-0.25, -0.2) is 4.98 Å². The van der Waals surface area contributed by atoms with Gasteiger partial charge in [0.15, 0.2) is 11.5 Å². The van der Waals surface area contributed by atoms with Gasteiger partial charge < -0.3 is 14.4 Å². The van der Waals surface area contributed by atoms with Crippen molar-refractivity contribution < 1.29 is 19.1 Å². The first kappa shape index (κ1) is 16.6. The Morgan fingerprint density at radius 1 is 1.27 bits per heavy atom. The van der Waals surface area contributed by atoms with E-state index in [0.29, 0.717) is 34.1 Å². The number of hydrogen-bond acceptors (Lipinski definition) is 4. The first-order chi connectivity index (χ1) is 12.5. The van der Waals surface area contributed by atoms with Crippen molar-refractivity contribution in [1.29, 1.82) is 0 Å². The minimum atomic E-state index is -0.952. The van der Waals surface area contributed by atoms with Crippen LogP contribution in [-0.2, 0) is 16.0 Å². The van der Waals surface area contributed by atoms with E-state index in [1.54, 1.807) is 18.2 Å². The molecule has 132 valence electrons. The molecule has 1 amide bonds. The van der Waals surface area contributed by atoms with Gasteiger partial charge in [-0.15, -0.1) is 0 Å². The highest BCUT2D eigenvalue weighted by atomic mass is 35.5. The SMILES string of the molecule is O=C(O)[C@@H]1CC(=O)N(c2ccc3nc(Cc4ccc(Cl)cc4)oc3c2)C1. The molecular formula is C19H15ClN2O4. The molecule has 2 heterocycles. The van der Waals surface area contributed by atoms with E-state index in [0.717, 1.165) is 5.56 Å². The van der Waals surface area contributed by atoms with Gasteiger partial charge >= 0.3 is 5.97 Å². The molecule has 6 nitrogen and oxygen atoms in total. The molecular weight excluding hydrogens is 356 g/mol. The minimum Gasteiger partial charge on any atom is -0.481 e. The summed E-state index contributed by atoms with van der Waals surface area (Å²) in [4.78, 5) is 29.2. The van der Waals surface area contributed by atoms with E-state index >= 15 is 0 Å². The Kier molecular flexibility index (Phi) is 4.12. The zero-order chi connectivity index (χ0) is 18.3. The van der Waals surface area contributed by atoms with Crippen molar-refractivity contribution in [2.75, 3.05) is 11.4 Å². The number of carboxylic acids is 1. The van der Waals surface area contributed by atoms with Crippen molar-refractivity contribution in [2.24, 2.45) is 5.92 Å². The lowest BCUT2D eigenvalue weighted by Gasteiger charge is -2.15. The average molecular weight is 371 g/mol. The van der Waals surface area contributed by atoms with E-state index in [1.807, 2.05) is 24.3 Å². The number of nitrogens with zero attached hydrogens (tertiary/aromatic N) is 2. The average Bonchev–Trinajstić information content (AvgIpc) is 3.19. The van der Waals surface area contributed by atoms with Gasteiger partial charge in [-0.1, -0.05) is 23.7 Å². The molecule has 0 unspecified atom stereocenters. The van der Waals surface area contributed by atoms with Crippen LogP contribution in [0, 0.1) is 5.92 Å². The Hall–Kier alpha value is -2.86. The maximum absolute atomic E-state index is 12.1. The number of benzene rings is 2. The zero-order valence-corrected chi connectivity index (χ0v) is 14.4. The number of fused-ring (bicyclic) bond motifs is 1. The Morgan fingerprint density at radius 2 is 2.04 bits per heavy atom. The lowest BCUT2D eigenvalue weighted by Crippen LogP contribution is -2.25. The molecule has 0 spiro atoms. The molecule has 3 aromatic rings. The maximum Gasteiger partial charge on any atom is 0.308 e. The lowest BCUT2D eigenvalue weighted by atomic mass is 10.1. The Balaban J connectivity index is 1.59. The van der Waals surface area contributed by atoms with Crippen LogP contribution in [0.5, 0.6) is 0 Å². The maximum atomic E-state index is 12.1. The number of carbonyl (C=O) groups excluding carboxylic acids is 1. The van der Waals surface area contributed by atoms with Crippen molar-refractivity contribution in [3.63, 3.8) is 0 Å². The second-order valence-electron chi connectivity index (χ2n) is 6.31. The number of carboxylic acid groups (broad SMARTS) is 1.